The highest BCUT2D eigenvalue weighted by Crippen LogP contribution is 2.28. The average Bonchev–Trinajstić information content (AvgIpc) is 3.03. The number of hydrogen-bond acceptors (Lipinski definition) is 5. The van der Waals surface area contributed by atoms with Crippen LogP contribution in [0.5, 0.6) is 5.75 Å². The number of aromatic nitrogens is 1. The highest BCUT2D eigenvalue weighted by atomic mass is 19.1. The maximum atomic E-state index is 14.8. The molecule has 7 heteroatoms. The number of amides is 1. The summed E-state index contributed by atoms with van der Waals surface area (Å²) in [6, 6.07) is 10.6. The summed E-state index contributed by atoms with van der Waals surface area (Å²) in [7, 11) is 0. The van der Waals surface area contributed by atoms with Gasteiger partial charge in [0.15, 0.2) is 6.17 Å². The van der Waals surface area contributed by atoms with Crippen LogP contribution in [0.15, 0.2) is 30.3 Å². The Morgan fingerprint density at radius 2 is 2.26 bits per heavy atom. The quantitative estimate of drug-likeness (QED) is 0.903. The summed E-state index contributed by atoms with van der Waals surface area (Å²) < 4.78 is 20.6. The van der Waals surface area contributed by atoms with Crippen molar-refractivity contribution in [3.63, 3.8) is 0 Å². The lowest BCUT2D eigenvalue weighted by Crippen LogP contribution is -2.47. The molecular formula is C20H19FN4O2. The molecule has 3 heterocycles. The fourth-order valence-electron chi connectivity index (χ4n) is 3.57. The van der Waals surface area contributed by atoms with Crippen LogP contribution in [-0.2, 0) is 6.54 Å². The Bertz CT molecular complexity index is 940. The number of benzene rings is 1. The number of nitrogens with zero attached hydrogens (tertiary/aromatic N) is 3. The normalized spacial score (nSPS) is 21.4. The molecule has 1 saturated heterocycles. The van der Waals surface area contributed by atoms with E-state index >= 15 is 0 Å². The Morgan fingerprint density at radius 1 is 1.41 bits per heavy atom. The number of halogens is 1. The summed E-state index contributed by atoms with van der Waals surface area (Å²) in [6.45, 7) is 3.08. The molecule has 0 unspecified atom stereocenters. The number of rotatable bonds is 3. The van der Waals surface area contributed by atoms with Crippen molar-refractivity contribution in [1.82, 2.24) is 10.3 Å². The maximum Gasteiger partial charge on any atom is 0.253 e. The van der Waals surface area contributed by atoms with Gasteiger partial charge in [0.25, 0.3) is 5.91 Å². The standard InChI is InChI=1S/C20H19FN4O2/c1-12-7-15-17(10-23-20(15)26)24-19(12)25-6-5-18(16(21)11-25)27-14-4-2-3-13(8-14)9-22/h2-4,7-8,16,18H,5-6,10-11H2,1H3,(H,23,26)/t16-,18+/m0/s1. The van der Waals surface area contributed by atoms with Crippen LogP contribution in [0.2, 0.25) is 0 Å². The van der Waals surface area contributed by atoms with Crippen LogP contribution < -0.4 is 15.0 Å². The van der Waals surface area contributed by atoms with Gasteiger partial charge in [-0.1, -0.05) is 6.07 Å². The van der Waals surface area contributed by atoms with Gasteiger partial charge in [0.05, 0.1) is 36.0 Å². The van der Waals surface area contributed by atoms with E-state index < -0.39 is 12.3 Å². The van der Waals surface area contributed by atoms with Crippen molar-refractivity contribution in [2.24, 2.45) is 0 Å². The molecule has 6 nitrogen and oxygen atoms in total. The highest BCUT2D eigenvalue weighted by molar-refractivity contribution is 5.98. The second-order valence-corrected chi connectivity index (χ2v) is 6.85. The third kappa shape index (κ3) is 3.31. The molecule has 2 aliphatic heterocycles. The van der Waals surface area contributed by atoms with Gasteiger partial charge in [0.1, 0.15) is 17.7 Å². The average molecular weight is 366 g/mol. The van der Waals surface area contributed by atoms with Crippen LogP contribution in [0.1, 0.15) is 33.6 Å². The number of alkyl halides is 1. The molecular weight excluding hydrogens is 347 g/mol. The minimum Gasteiger partial charge on any atom is -0.487 e. The predicted octanol–water partition coefficient (Wildman–Crippen LogP) is 2.50. The molecule has 1 fully saturated rings. The fourth-order valence-corrected chi connectivity index (χ4v) is 3.57. The molecule has 0 saturated carbocycles. The van der Waals surface area contributed by atoms with E-state index in [0.717, 1.165) is 11.4 Å². The van der Waals surface area contributed by atoms with E-state index in [1.165, 1.54) is 0 Å². The summed E-state index contributed by atoms with van der Waals surface area (Å²) in [4.78, 5) is 18.3. The Labute approximate surface area is 156 Å². The van der Waals surface area contributed by atoms with Crippen molar-refractivity contribution < 1.29 is 13.9 Å². The van der Waals surface area contributed by atoms with Gasteiger partial charge in [0, 0.05) is 13.0 Å². The van der Waals surface area contributed by atoms with Crippen molar-refractivity contribution >= 4 is 11.7 Å². The number of ether oxygens (including phenoxy) is 1. The van der Waals surface area contributed by atoms with E-state index in [1.807, 2.05) is 17.9 Å². The minimum absolute atomic E-state index is 0.109. The third-order valence-corrected chi connectivity index (χ3v) is 4.96. The van der Waals surface area contributed by atoms with Crippen molar-refractivity contribution in [2.45, 2.75) is 32.2 Å². The first-order valence-corrected chi connectivity index (χ1v) is 8.89. The summed E-state index contributed by atoms with van der Waals surface area (Å²) >= 11 is 0. The van der Waals surface area contributed by atoms with Gasteiger partial charge >= 0.3 is 0 Å². The van der Waals surface area contributed by atoms with Gasteiger partial charge in [-0.25, -0.2) is 9.37 Å². The molecule has 2 aliphatic rings. The van der Waals surface area contributed by atoms with Crippen LogP contribution in [0.25, 0.3) is 0 Å². The number of pyridine rings is 1. The number of nitrogens with one attached hydrogen (secondary N) is 1. The summed E-state index contributed by atoms with van der Waals surface area (Å²) in [5.74, 6) is 1.12. The van der Waals surface area contributed by atoms with Gasteiger partial charge in [-0.2, -0.15) is 5.26 Å². The lowest BCUT2D eigenvalue weighted by Gasteiger charge is -2.36. The van der Waals surface area contributed by atoms with Gasteiger partial charge in [-0.3, -0.25) is 4.79 Å². The molecule has 1 N–H and O–H groups in total. The first-order valence-electron chi connectivity index (χ1n) is 8.89. The molecule has 0 aliphatic carbocycles. The summed E-state index contributed by atoms with van der Waals surface area (Å²) in [5.41, 5.74) is 2.66. The third-order valence-electron chi connectivity index (χ3n) is 4.96. The van der Waals surface area contributed by atoms with E-state index in [2.05, 4.69) is 16.4 Å². The summed E-state index contributed by atoms with van der Waals surface area (Å²) in [5, 5.41) is 11.7. The monoisotopic (exact) mass is 366 g/mol. The Hall–Kier alpha value is -3.14. The molecule has 27 heavy (non-hydrogen) atoms. The maximum absolute atomic E-state index is 14.8. The smallest absolute Gasteiger partial charge is 0.253 e. The van der Waals surface area contributed by atoms with Crippen LogP contribution in [-0.4, -0.2) is 36.3 Å². The number of hydrogen-bond donors (Lipinski definition) is 1. The molecule has 2 atom stereocenters. The number of carbonyl (C=O) groups is 1. The van der Waals surface area contributed by atoms with E-state index in [-0.39, 0.29) is 12.5 Å². The van der Waals surface area contributed by atoms with Crippen LogP contribution in [0, 0.1) is 18.3 Å². The SMILES string of the molecule is Cc1cc2c(nc1N1CC[C@@H](Oc3cccc(C#N)c3)[C@@H](F)C1)CNC2=O. The van der Waals surface area contributed by atoms with Crippen LogP contribution in [0.3, 0.4) is 0 Å². The number of anilines is 1. The number of carbonyl (C=O) groups excluding carboxylic acids is 1. The molecule has 1 aromatic heterocycles. The molecule has 0 radical (unpaired) electrons. The largest absolute Gasteiger partial charge is 0.487 e. The Kier molecular flexibility index (Phi) is 4.40. The molecule has 1 aromatic carbocycles. The highest BCUT2D eigenvalue weighted by Gasteiger charge is 2.33. The van der Waals surface area contributed by atoms with Gasteiger partial charge in [-0.05, 0) is 36.8 Å². The zero-order valence-corrected chi connectivity index (χ0v) is 14.9. The van der Waals surface area contributed by atoms with E-state index in [9.17, 15) is 9.18 Å². The number of aryl methyl sites for hydroxylation is 1. The first kappa shape index (κ1) is 17.3. The Morgan fingerprint density at radius 3 is 3.04 bits per heavy atom. The van der Waals surface area contributed by atoms with Crippen molar-refractivity contribution in [3.8, 4) is 11.8 Å². The van der Waals surface area contributed by atoms with Crippen molar-refractivity contribution in [1.29, 1.82) is 5.26 Å². The summed E-state index contributed by atoms with van der Waals surface area (Å²) in [6.07, 6.45) is -1.24. The second-order valence-electron chi connectivity index (χ2n) is 6.85. The predicted molar refractivity (Wildman–Crippen MR) is 97.4 cm³/mol. The van der Waals surface area contributed by atoms with E-state index in [4.69, 9.17) is 10.00 Å². The van der Waals surface area contributed by atoms with Gasteiger partial charge in [0.2, 0.25) is 0 Å². The topological polar surface area (TPSA) is 78.2 Å². The zero-order chi connectivity index (χ0) is 19.0. The molecule has 0 bridgehead atoms. The van der Waals surface area contributed by atoms with Crippen LogP contribution >= 0.6 is 0 Å². The van der Waals surface area contributed by atoms with Crippen LogP contribution in [0.4, 0.5) is 10.2 Å². The first-order chi connectivity index (χ1) is 13.0. The van der Waals surface area contributed by atoms with Gasteiger partial charge < -0.3 is 15.0 Å². The molecule has 4 rings (SSSR count). The van der Waals surface area contributed by atoms with E-state index in [1.54, 1.807) is 24.3 Å². The second kappa shape index (κ2) is 6.88. The van der Waals surface area contributed by atoms with Gasteiger partial charge in [-0.15, -0.1) is 0 Å². The number of piperidine rings is 1. The molecule has 1 amide bonds. The molecule has 138 valence electrons. The van der Waals surface area contributed by atoms with Crippen molar-refractivity contribution in [3.05, 3.63) is 52.7 Å². The number of fused-ring (bicyclic) bond motifs is 1. The zero-order valence-electron chi connectivity index (χ0n) is 14.9. The minimum atomic E-state index is -1.18. The van der Waals surface area contributed by atoms with E-state index in [0.29, 0.717) is 42.1 Å². The fraction of sp³-hybridized carbons (Fsp3) is 0.350. The van der Waals surface area contributed by atoms with Crippen molar-refractivity contribution in [2.75, 3.05) is 18.0 Å². The lowest BCUT2D eigenvalue weighted by molar-refractivity contribution is 0.0818. The number of nitriles is 1. The molecule has 0 spiro atoms. The Balaban J connectivity index is 1.47. The molecule has 2 aromatic rings. The lowest BCUT2D eigenvalue weighted by atomic mass is 10.0.